The van der Waals surface area contributed by atoms with Crippen molar-refractivity contribution in [3.8, 4) is 0 Å². The van der Waals surface area contributed by atoms with Crippen molar-refractivity contribution in [2.45, 2.75) is 58.9 Å². The lowest BCUT2D eigenvalue weighted by atomic mass is 10.1. The predicted octanol–water partition coefficient (Wildman–Crippen LogP) is 3.98. The number of nitrogens with one attached hydrogen (secondary N) is 1. The molecular weight excluding hydrogens is 872 g/mol. The number of methoxy groups -OCH3 is 2. The summed E-state index contributed by atoms with van der Waals surface area (Å²) in [5, 5.41) is 3.26. The molecule has 5 heterocycles. The van der Waals surface area contributed by atoms with E-state index in [4.69, 9.17) is 9.47 Å². The monoisotopic (exact) mass is 928 g/mol. The number of piperazine rings is 2. The van der Waals surface area contributed by atoms with Crippen LogP contribution in [-0.2, 0) is 47.7 Å². The maximum Gasteiger partial charge on any atom is 0.339 e. The second-order valence-electron chi connectivity index (χ2n) is 15.6. The van der Waals surface area contributed by atoms with Gasteiger partial charge in [0.05, 0.1) is 80.5 Å². The Morgan fingerprint density at radius 2 is 1.22 bits per heavy atom. The van der Waals surface area contributed by atoms with Gasteiger partial charge in [0.25, 0.3) is 0 Å². The highest BCUT2D eigenvalue weighted by atomic mass is 35.5. The van der Waals surface area contributed by atoms with Crippen LogP contribution in [0.15, 0.2) is 85.2 Å². The number of rotatable bonds is 13. The molecule has 0 bridgehead atoms. The smallest absolute Gasteiger partial charge is 0.339 e. The number of ether oxygens (including phenoxy) is 3. The van der Waals surface area contributed by atoms with E-state index < -0.39 is 32.4 Å². The van der Waals surface area contributed by atoms with E-state index in [9.17, 15) is 26.4 Å². The Morgan fingerprint density at radius 3 is 1.60 bits per heavy atom. The number of pyridine rings is 2. The molecule has 0 saturated carbocycles. The molecule has 3 fully saturated rings. The van der Waals surface area contributed by atoms with E-state index in [2.05, 4.69) is 31.8 Å². The van der Waals surface area contributed by atoms with Gasteiger partial charge in [0.2, 0.25) is 0 Å². The van der Waals surface area contributed by atoms with Gasteiger partial charge in [-0.2, -0.15) is 25.4 Å². The van der Waals surface area contributed by atoms with Crippen molar-refractivity contribution in [1.82, 2.24) is 28.8 Å². The summed E-state index contributed by atoms with van der Waals surface area (Å²) in [6.45, 7) is 12.3. The zero-order chi connectivity index (χ0) is 44.6. The van der Waals surface area contributed by atoms with Crippen LogP contribution < -0.4 is 13.9 Å². The topological polar surface area (TPSA) is 184 Å². The first-order valence-corrected chi connectivity index (χ1v) is 23.2. The van der Waals surface area contributed by atoms with Gasteiger partial charge in [0.1, 0.15) is 0 Å². The number of benzene rings is 2. The quantitative estimate of drug-likeness (QED) is 0.190. The standard InChI is InChI=1S/C23H30N4O5S.C20H26N4O4S.ClH/c1-17-5-4-6-21(11-17)27(14-20-8-7-19(12-24-20)23(28)31-3)33(29,30)25-9-10-26(18(2)13-25)22-15-32-16-22;1-15-5-4-6-19(11-15)24(29(26,27)23-10-9-21-16(2)13-23)14-18-8-7-17(12-22-18)20(25)28-3;/h4-8,11-12,18,22H,9-10,13-16H2,1-3H3;4-8,11-12,16,21H,9-10,13-14H2,1-3H3;1H/t18-;16-;/m00./s1. The number of aryl methyl sites for hydroxylation is 2. The zero-order valence-corrected chi connectivity index (χ0v) is 38.9. The molecule has 17 nitrogen and oxygen atoms in total. The van der Waals surface area contributed by atoms with Crippen LogP contribution in [-0.4, -0.2) is 137 Å². The summed E-state index contributed by atoms with van der Waals surface area (Å²) in [5.41, 5.74) is 4.78. The molecule has 0 spiro atoms. The van der Waals surface area contributed by atoms with Gasteiger partial charge >= 0.3 is 32.4 Å². The average Bonchev–Trinajstić information content (AvgIpc) is 3.24. The molecule has 0 aliphatic carbocycles. The number of carbonyl (C=O) groups excluding carboxylic acids is 2. The van der Waals surface area contributed by atoms with E-state index in [1.807, 2.05) is 57.2 Å². The van der Waals surface area contributed by atoms with E-state index >= 15 is 0 Å². The molecule has 342 valence electrons. The minimum atomic E-state index is -3.82. The van der Waals surface area contributed by atoms with E-state index in [1.165, 1.54) is 39.5 Å². The molecule has 3 aliphatic rings. The van der Waals surface area contributed by atoms with Crippen molar-refractivity contribution >= 4 is 56.1 Å². The Kier molecular flexibility index (Phi) is 17.0. The fourth-order valence-electron chi connectivity index (χ4n) is 7.48. The molecule has 2 aromatic heterocycles. The van der Waals surface area contributed by atoms with Crippen molar-refractivity contribution < 1.29 is 40.6 Å². The highest BCUT2D eigenvalue weighted by Crippen LogP contribution is 2.28. The molecule has 7 rings (SSSR count). The summed E-state index contributed by atoms with van der Waals surface area (Å²) in [6.07, 6.45) is 2.80. The van der Waals surface area contributed by atoms with Crippen LogP contribution in [0.3, 0.4) is 0 Å². The fourth-order valence-corrected chi connectivity index (χ4v) is 10.8. The lowest BCUT2D eigenvalue weighted by Gasteiger charge is -2.46. The fraction of sp³-hybridized carbons (Fsp3) is 0.442. The average molecular weight is 930 g/mol. The van der Waals surface area contributed by atoms with Gasteiger partial charge < -0.3 is 19.5 Å². The Labute approximate surface area is 377 Å². The summed E-state index contributed by atoms with van der Waals surface area (Å²) < 4.78 is 75.2. The number of hydrogen-bond donors (Lipinski definition) is 1. The molecule has 2 aromatic carbocycles. The maximum absolute atomic E-state index is 13.8. The minimum absolute atomic E-state index is 0. The normalized spacial score (nSPS) is 18.8. The Hall–Kier alpha value is -4.73. The first kappa shape index (κ1) is 49.3. The third kappa shape index (κ3) is 12.1. The van der Waals surface area contributed by atoms with E-state index in [0.717, 1.165) is 11.1 Å². The molecule has 1 N–H and O–H groups in total. The number of aromatic nitrogens is 2. The van der Waals surface area contributed by atoms with Crippen molar-refractivity contribution in [3.05, 3.63) is 119 Å². The third-order valence-electron chi connectivity index (χ3n) is 11.0. The van der Waals surface area contributed by atoms with Crippen molar-refractivity contribution in [2.75, 3.05) is 75.3 Å². The molecule has 2 atom stereocenters. The molecule has 0 amide bonds. The van der Waals surface area contributed by atoms with Gasteiger partial charge in [-0.15, -0.1) is 12.4 Å². The molecule has 0 unspecified atom stereocenters. The highest BCUT2D eigenvalue weighted by molar-refractivity contribution is 7.90. The Morgan fingerprint density at radius 1 is 0.730 bits per heavy atom. The number of halogens is 1. The van der Waals surface area contributed by atoms with Crippen LogP contribution in [0, 0.1) is 13.8 Å². The number of anilines is 2. The van der Waals surface area contributed by atoms with Crippen molar-refractivity contribution in [2.24, 2.45) is 0 Å². The van der Waals surface area contributed by atoms with Gasteiger partial charge in [-0.1, -0.05) is 24.3 Å². The van der Waals surface area contributed by atoms with Gasteiger partial charge in [-0.25, -0.2) is 9.59 Å². The summed E-state index contributed by atoms with van der Waals surface area (Å²) >= 11 is 0. The molecule has 3 saturated heterocycles. The number of carbonyl (C=O) groups is 2. The van der Waals surface area contributed by atoms with Crippen LogP contribution in [0.1, 0.15) is 57.1 Å². The highest BCUT2D eigenvalue weighted by Gasteiger charge is 2.39. The predicted molar refractivity (Wildman–Crippen MR) is 242 cm³/mol. The molecular formula is C43H57ClN8O9S2. The van der Waals surface area contributed by atoms with Crippen LogP contribution >= 0.6 is 12.4 Å². The van der Waals surface area contributed by atoms with Gasteiger partial charge in [-0.3, -0.25) is 23.5 Å². The van der Waals surface area contributed by atoms with Gasteiger partial charge in [0, 0.05) is 63.7 Å². The second kappa shape index (κ2) is 21.8. The van der Waals surface area contributed by atoms with Gasteiger partial charge in [0.15, 0.2) is 0 Å². The first-order valence-electron chi connectivity index (χ1n) is 20.4. The first-order chi connectivity index (χ1) is 29.6. The zero-order valence-electron chi connectivity index (χ0n) is 36.4. The summed E-state index contributed by atoms with van der Waals surface area (Å²) in [5.74, 6) is -0.969. The van der Waals surface area contributed by atoms with E-state index in [0.29, 0.717) is 92.4 Å². The van der Waals surface area contributed by atoms with Crippen LogP contribution in [0.4, 0.5) is 11.4 Å². The second-order valence-corrected chi connectivity index (χ2v) is 19.3. The largest absolute Gasteiger partial charge is 0.465 e. The Bertz CT molecular complexity index is 2390. The molecule has 0 radical (unpaired) electrons. The lowest BCUT2D eigenvalue weighted by molar-refractivity contribution is -0.0873. The van der Waals surface area contributed by atoms with Crippen LogP contribution in [0.25, 0.3) is 0 Å². The van der Waals surface area contributed by atoms with E-state index in [1.54, 1.807) is 40.7 Å². The number of hydrogen-bond acceptors (Lipinski definition) is 13. The van der Waals surface area contributed by atoms with Crippen molar-refractivity contribution in [1.29, 1.82) is 0 Å². The minimum Gasteiger partial charge on any atom is -0.465 e. The molecule has 20 heteroatoms. The lowest BCUT2D eigenvalue weighted by Crippen LogP contribution is -2.62. The molecule has 3 aliphatic heterocycles. The van der Waals surface area contributed by atoms with Gasteiger partial charge in [-0.05, 0) is 87.4 Å². The summed E-state index contributed by atoms with van der Waals surface area (Å²) in [4.78, 5) is 34.3. The summed E-state index contributed by atoms with van der Waals surface area (Å²) in [6, 6.07) is 21.8. The molecule has 63 heavy (non-hydrogen) atoms. The van der Waals surface area contributed by atoms with E-state index in [-0.39, 0.29) is 37.6 Å². The Balaban J connectivity index is 0.000000236. The SMILES string of the molecule is COC(=O)c1ccc(CN(c2cccc(C)c2)S(=O)(=O)N2CCN(C3COC3)[C@@H](C)C2)nc1.COC(=O)c1ccc(CN(c2cccc(C)c2)S(=O)(=O)N2CCN[C@@H](C)C2)nc1.Cl. The van der Waals surface area contributed by atoms with Crippen LogP contribution in [0.2, 0.25) is 0 Å². The third-order valence-corrected chi connectivity index (χ3v) is 14.7. The van der Waals surface area contributed by atoms with Crippen molar-refractivity contribution in [3.63, 3.8) is 0 Å². The maximum atomic E-state index is 13.8. The summed E-state index contributed by atoms with van der Waals surface area (Å²) in [7, 11) is -4.97. The number of nitrogens with zero attached hydrogens (tertiary/aromatic N) is 7. The van der Waals surface area contributed by atoms with Crippen LogP contribution in [0.5, 0.6) is 0 Å². The molecule has 4 aromatic rings. The number of esters is 2.